The van der Waals surface area contributed by atoms with Crippen LogP contribution in [0.3, 0.4) is 0 Å². The minimum Gasteiger partial charge on any atom is -0.390 e. The zero-order valence-electron chi connectivity index (χ0n) is 6.80. The fourth-order valence-corrected chi connectivity index (χ4v) is 0.902. The number of benzene rings is 1. The molecule has 0 amide bonds. The molecule has 1 aromatic carbocycles. The van der Waals surface area contributed by atoms with Gasteiger partial charge in [-0.2, -0.15) is 8.78 Å². The second-order valence-corrected chi connectivity index (χ2v) is 2.58. The van der Waals surface area contributed by atoms with Crippen LogP contribution in [-0.2, 0) is 5.92 Å². The van der Waals surface area contributed by atoms with Gasteiger partial charge in [-0.3, -0.25) is 0 Å². The van der Waals surface area contributed by atoms with Crippen LogP contribution in [0.2, 0.25) is 0 Å². The quantitative estimate of drug-likeness (QED) is 0.691. The Morgan fingerprint density at radius 2 is 1.85 bits per heavy atom. The van der Waals surface area contributed by atoms with Crippen molar-refractivity contribution in [1.82, 2.24) is 0 Å². The molecular weight excluding hydrogens is 174 g/mol. The Morgan fingerprint density at radius 1 is 1.31 bits per heavy atom. The summed E-state index contributed by atoms with van der Waals surface area (Å²) in [5.41, 5.74) is 0.312. The van der Waals surface area contributed by atoms with E-state index in [4.69, 9.17) is 11.5 Å². The van der Waals surface area contributed by atoms with Crippen LogP contribution in [0.4, 0.5) is 8.78 Å². The van der Waals surface area contributed by atoms with Gasteiger partial charge in [0.1, 0.15) is 6.61 Å². The van der Waals surface area contributed by atoms with E-state index in [2.05, 4.69) is 5.92 Å². The van der Waals surface area contributed by atoms with Crippen molar-refractivity contribution < 1.29 is 13.9 Å². The van der Waals surface area contributed by atoms with Gasteiger partial charge in [-0.1, -0.05) is 18.1 Å². The van der Waals surface area contributed by atoms with Crippen molar-refractivity contribution >= 4 is 0 Å². The Labute approximate surface area is 75.0 Å². The number of rotatable bonds is 2. The highest BCUT2D eigenvalue weighted by Crippen LogP contribution is 2.26. The molecule has 0 atom stereocenters. The summed E-state index contributed by atoms with van der Waals surface area (Å²) in [5.74, 6) is -0.871. The molecule has 0 spiro atoms. The third kappa shape index (κ3) is 2.04. The Balaban J connectivity index is 3.00. The zero-order chi connectivity index (χ0) is 9.90. The second kappa shape index (κ2) is 3.55. The molecule has 13 heavy (non-hydrogen) atoms. The van der Waals surface area contributed by atoms with Gasteiger partial charge in [-0.15, -0.1) is 6.42 Å². The average Bonchev–Trinajstić information content (AvgIpc) is 2.18. The average molecular weight is 182 g/mol. The number of hydrogen-bond acceptors (Lipinski definition) is 1. The van der Waals surface area contributed by atoms with Crippen LogP contribution in [0.25, 0.3) is 0 Å². The van der Waals surface area contributed by atoms with Crippen molar-refractivity contribution in [1.29, 1.82) is 0 Å². The summed E-state index contributed by atoms with van der Waals surface area (Å²) in [6, 6.07) is 5.26. The van der Waals surface area contributed by atoms with Crippen LogP contribution < -0.4 is 0 Å². The molecular formula is C10H8F2O. The van der Waals surface area contributed by atoms with Gasteiger partial charge in [0, 0.05) is 11.1 Å². The molecule has 0 aliphatic carbocycles. The van der Waals surface area contributed by atoms with Crippen molar-refractivity contribution in [2.24, 2.45) is 0 Å². The summed E-state index contributed by atoms with van der Waals surface area (Å²) < 4.78 is 25.6. The molecule has 0 saturated carbocycles. The Morgan fingerprint density at radius 3 is 2.23 bits per heavy atom. The first kappa shape index (κ1) is 9.69. The lowest BCUT2D eigenvalue weighted by atomic mass is 10.1. The molecule has 1 N–H and O–H groups in total. The van der Waals surface area contributed by atoms with Crippen molar-refractivity contribution in [3.05, 3.63) is 35.4 Å². The molecule has 1 aromatic rings. The number of alkyl halides is 2. The van der Waals surface area contributed by atoms with Gasteiger partial charge in [-0.25, -0.2) is 0 Å². The Kier molecular flexibility index (Phi) is 2.64. The van der Waals surface area contributed by atoms with Gasteiger partial charge < -0.3 is 5.11 Å². The Bertz CT molecular complexity index is 322. The summed E-state index contributed by atoms with van der Waals surface area (Å²) in [5, 5.41) is 8.38. The number of aliphatic hydroxyl groups is 1. The van der Waals surface area contributed by atoms with E-state index >= 15 is 0 Å². The van der Waals surface area contributed by atoms with Crippen molar-refractivity contribution in [3.63, 3.8) is 0 Å². The maximum absolute atomic E-state index is 12.8. The highest BCUT2D eigenvalue weighted by atomic mass is 19.3. The minimum absolute atomic E-state index is 0.228. The number of terminal acetylenes is 1. The monoisotopic (exact) mass is 182 g/mol. The third-order valence-corrected chi connectivity index (χ3v) is 1.67. The van der Waals surface area contributed by atoms with Gasteiger partial charge in [0.2, 0.25) is 0 Å². The van der Waals surface area contributed by atoms with E-state index in [0.29, 0.717) is 5.56 Å². The standard InChI is InChI=1S/C10H8F2O/c1-2-8-3-5-9(6-4-8)10(11,12)7-13/h1,3-6,13H,7H2. The lowest BCUT2D eigenvalue weighted by Crippen LogP contribution is -2.18. The molecule has 0 unspecified atom stereocenters. The molecule has 3 heteroatoms. The lowest BCUT2D eigenvalue weighted by Gasteiger charge is -2.12. The topological polar surface area (TPSA) is 20.2 Å². The van der Waals surface area contributed by atoms with Crippen molar-refractivity contribution in [3.8, 4) is 12.3 Å². The van der Waals surface area contributed by atoms with Gasteiger partial charge >= 0.3 is 0 Å². The minimum atomic E-state index is -3.19. The zero-order valence-corrected chi connectivity index (χ0v) is 6.80. The summed E-state index contributed by atoms with van der Waals surface area (Å²) in [6.45, 7) is -1.19. The van der Waals surface area contributed by atoms with E-state index in [-0.39, 0.29) is 5.56 Å². The fraction of sp³-hybridized carbons (Fsp3) is 0.200. The summed E-state index contributed by atoms with van der Waals surface area (Å²) in [4.78, 5) is 0. The van der Waals surface area contributed by atoms with E-state index in [1.807, 2.05) is 0 Å². The first-order valence-electron chi connectivity index (χ1n) is 3.66. The summed E-state index contributed by atoms with van der Waals surface area (Å²) >= 11 is 0. The Hall–Kier alpha value is -1.40. The van der Waals surface area contributed by atoms with Crippen molar-refractivity contribution in [2.45, 2.75) is 5.92 Å². The normalized spacial score (nSPS) is 10.9. The lowest BCUT2D eigenvalue weighted by molar-refractivity contribution is -0.0556. The van der Waals surface area contributed by atoms with Gasteiger partial charge in [-0.05, 0) is 12.1 Å². The molecule has 0 heterocycles. The first-order valence-corrected chi connectivity index (χ1v) is 3.66. The van der Waals surface area contributed by atoms with Crippen LogP contribution in [0.5, 0.6) is 0 Å². The molecule has 1 nitrogen and oxygen atoms in total. The van der Waals surface area contributed by atoms with Gasteiger partial charge in [0.25, 0.3) is 5.92 Å². The molecule has 0 aromatic heterocycles. The molecule has 0 fully saturated rings. The molecule has 1 rings (SSSR count). The molecule has 0 radical (unpaired) electrons. The van der Waals surface area contributed by atoms with Crippen LogP contribution in [0.1, 0.15) is 11.1 Å². The maximum Gasteiger partial charge on any atom is 0.295 e. The van der Waals surface area contributed by atoms with Crippen LogP contribution in [0, 0.1) is 12.3 Å². The predicted octanol–water partition coefficient (Wildman–Crippen LogP) is 1.75. The highest BCUT2D eigenvalue weighted by Gasteiger charge is 2.29. The number of halogens is 2. The second-order valence-electron chi connectivity index (χ2n) is 2.58. The summed E-state index contributed by atoms with van der Waals surface area (Å²) in [6.07, 6.45) is 5.05. The maximum atomic E-state index is 12.8. The number of aliphatic hydroxyl groups excluding tert-OH is 1. The molecule has 0 aliphatic rings. The number of hydrogen-bond donors (Lipinski definition) is 1. The smallest absolute Gasteiger partial charge is 0.295 e. The van der Waals surface area contributed by atoms with E-state index in [1.54, 1.807) is 0 Å². The van der Waals surface area contributed by atoms with E-state index in [0.717, 1.165) is 0 Å². The van der Waals surface area contributed by atoms with E-state index < -0.39 is 12.5 Å². The highest BCUT2D eigenvalue weighted by molar-refractivity contribution is 5.35. The largest absolute Gasteiger partial charge is 0.390 e. The summed E-state index contributed by atoms with van der Waals surface area (Å²) in [7, 11) is 0. The third-order valence-electron chi connectivity index (χ3n) is 1.67. The van der Waals surface area contributed by atoms with Crippen molar-refractivity contribution in [2.75, 3.05) is 6.61 Å². The SMILES string of the molecule is C#Cc1ccc(C(F)(F)CO)cc1. The fourth-order valence-electron chi connectivity index (χ4n) is 0.902. The molecule has 0 saturated heterocycles. The van der Waals surface area contributed by atoms with Crippen LogP contribution in [0.15, 0.2) is 24.3 Å². The molecule has 0 bridgehead atoms. The first-order chi connectivity index (χ1) is 6.10. The van der Waals surface area contributed by atoms with Gasteiger partial charge in [0.15, 0.2) is 0 Å². The van der Waals surface area contributed by atoms with Gasteiger partial charge in [0.05, 0.1) is 0 Å². The van der Waals surface area contributed by atoms with Crippen LogP contribution in [-0.4, -0.2) is 11.7 Å². The van der Waals surface area contributed by atoms with E-state index in [9.17, 15) is 8.78 Å². The molecule has 68 valence electrons. The van der Waals surface area contributed by atoms with E-state index in [1.165, 1.54) is 24.3 Å². The van der Waals surface area contributed by atoms with Crippen LogP contribution >= 0.6 is 0 Å². The predicted molar refractivity (Wildman–Crippen MR) is 45.4 cm³/mol. The molecule has 0 aliphatic heterocycles.